The summed E-state index contributed by atoms with van der Waals surface area (Å²) in [5.74, 6) is 2.07. The Morgan fingerprint density at radius 1 is 1.04 bits per heavy atom. The molecule has 0 radical (unpaired) electrons. The van der Waals surface area contributed by atoms with E-state index in [1.54, 1.807) is 0 Å². The third kappa shape index (κ3) is 4.80. The number of rotatable bonds is 6. The molecule has 144 valence electrons. The van der Waals surface area contributed by atoms with Gasteiger partial charge in [0.05, 0.1) is 7.05 Å². The number of amides is 1. The van der Waals surface area contributed by atoms with E-state index in [-0.39, 0.29) is 11.9 Å². The van der Waals surface area contributed by atoms with E-state index in [0.717, 1.165) is 34.2 Å². The molecular formula is C22H29N2O3+. The molecule has 1 heterocycles. The van der Waals surface area contributed by atoms with Gasteiger partial charge in [-0.05, 0) is 48.7 Å². The van der Waals surface area contributed by atoms with Crippen LogP contribution in [0.2, 0.25) is 0 Å². The molecule has 3 rings (SSSR count). The van der Waals surface area contributed by atoms with Crippen molar-refractivity contribution in [3.63, 3.8) is 0 Å². The second-order valence-electron chi connectivity index (χ2n) is 7.49. The van der Waals surface area contributed by atoms with Gasteiger partial charge in [-0.15, -0.1) is 0 Å². The third-order valence-corrected chi connectivity index (χ3v) is 5.07. The smallest absolute Gasteiger partial charge is 0.282 e. The molecule has 0 bridgehead atoms. The first-order chi connectivity index (χ1) is 12.9. The molecule has 1 unspecified atom stereocenters. The monoisotopic (exact) mass is 369 g/mol. The van der Waals surface area contributed by atoms with Crippen molar-refractivity contribution in [2.45, 2.75) is 39.3 Å². The number of hydrogen-bond donors (Lipinski definition) is 2. The summed E-state index contributed by atoms with van der Waals surface area (Å²) in [4.78, 5) is 13.7. The molecule has 1 amide bonds. The predicted molar refractivity (Wildman–Crippen MR) is 107 cm³/mol. The van der Waals surface area contributed by atoms with Crippen molar-refractivity contribution in [1.82, 2.24) is 0 Å². The Balaban J connectivity index is 1.59. The highest BCUT2D eigenvalue weighted by atomic mass is 16.6. The van der Waals surface area contributed by atoms with Crippen LogP contribution in [0.25, 0.3) is 0 Å². The number of benzene rings is 2. The van der Waals surface area contributed by atoms with Gasteiger partial charge in [-0.2, -0.15) is 0 Å². The van der Waals surface area contributed by atoms with E-state index in [4.69, 9.17) is 9.47 Å². The van der Waals surface area contributed by atoms with Crippen LogP contribution in [0.1, 0.15) is 37.8 Å². The predicted octanol–water partition coefficient (Wildman–Crippen LogP) is 2.62. The summed E-state index contributed by atoms with van der Waals surface area (Å²) in [7, 11) is 2.03. The molecule has 0 saturated carbocycles. The maximum atomic E-state index is 12.6. The van der Waals surface area contributed by atoms with Crippen LogP contribution in [0, 0.1) is 0 Å². The van der Waals surface area contributed by atoms with E-state index in [2.05, 4.69) is 31.3 Å². The van der Waals surface area contributed by atoms with Crippen molar-refractivity contribution >= 4 is 11.6 Å². The summed E-state index contributed by atoms with van der Waals surface area (Å²) in [6.45, 7) is 8.17. The Morgan fingerprint density at radius 3 is 2.37 bits per heavy atom. The second kappa shape index (κ2) is 8.44. The molecule has 27 heavy (non-hydrogen) atoms. The van der Waals surface area contributed by atoms with Crippen LogP contribution in [-0.4, -0.2) is 32.2 Å². The fraction of sp³-hybridized carbons (Fsp3) is 0.409. The van der Waals surface area contributed by atoms with Gasteiger partial charge in [0.1, 0.15) is 19.8 Å². The quantitative estimate of drug-likeness (QED) is 0.823. The molecule has 1 aliphatic heterocycles. The largest absolute Gasteiger partial charge is 0.486 e. The highest BCUT2D eigenvalue weighted by molar-refractivity contribution is 5.93. The van der Waals surface area contributed by atoms with Crippen LogP contribution in [0.5, 0.6) is 11.5 Å². The van der Waals surface area contributed by atoms with E-state index in [1.807, 2.05) is 44.3 Å². The summed E-state index contributed by atoms with van der Waals surface area (Å²) in [6.07, 6.45) is 0. The lowest BCUT2D eigenvalue weighted by molar-refractivity contribution is -0.907. The number of nitrogens with one attached hydrogen (secondary N) is 2. The number of carbonyl (C=O) groups is 1. The summed E-state index contributed by atoms with van der Waals surface area (Å²) < 4.78 is 11.2. The van der Waals surface area contributed by atoms with E-state index < -0.39 is 0 Å². The van der Waals surface area contributed by atoms with Crippen molar-refractivity contribution in [2.75, 3.05) is 25.6 Å². The Kier molecular flexibility index (Phi) is 6.01. The van der Waals surface area contributed by atoms with E-state index >= 15 is 0 Å². The van der Waals surface area contributed by atoms with Crippen LogP contribution < -0.4 is 19.7 Å². The van der Waals surface area contributed by atoms with Gasteiger partial charge in [0.2, 0.25) is 0 Å². The van der Waals surface area contributed by atoms with Gasteiger partial charge in [0.15, 0.2) is 17.5 Å². The van der Waals surface area contributed by atoms with Crippen molar-refractivity contribution in [1.29, 1.82) is 0 Å². The highest BCUT2D eigenvalue weighted by Gasteiger charge is 2.23. The first kappa shape index (κ1) is 19.2. The highest BCUT2D eigenvalue weighted by Crippen LogP contribution is 2.30. The SMILES string of the molecule is CC(C)c1ccc(NC(=O)[C@H](C)[NH+](C)Cc2ccc3c(c2)OCCO3)cc1. The van der Waals surface area contributed by atoms with Gasteiger partial charge < -0.3 is 19.7 Å². The lowest BCUT2D eigenvalue weighted by Crippen LogP contribution is -3.12. The number of carbonyl (C=O) groups excluding carboxylic acids is 1. The zero-order valence-electron chi connectivity index (χ0n) is 16.5. The van der Waals surface area contributed by atoms with Crippen LogP contribution in [0.4, 0.5) is 5.69 Å². The standard InChI is InChI=1S/C22H28N2O3/c1-15(2)18-6-8-19(9-7-18)23-22(25)16(3)24(4)14-17-5-10-20-21(13-17)27-12-11-26-20/h5-10,13,15-16H,11-12,14H2,1-4H3,(H,23,25)/p+1/t16-/m0/s1. The van der Waals surface area contributed by atoms with Crippen molar-refractivity contribution in [3.05, 3.63) is 53.6 Å². The zero-order valence-corrected chi connectivity index (χ0v) is 16.5. The molecule has 0 spiro atoms. The molecule has 2 aromatic rings. The summed E-state index contributed by atoms with van der Waals surface area (Å²) in [5, 5.41) is 3.02. The van der Waals surface area contributed by atoms with Gasteiger partial charge in [0, 0.05) is 11.3 Å². The summed E-state index contributed by atoms with van der Waals surface area (Å²) >= 11 is 0. The minimum atomic E-state index is -0.178. The molecule has 0 aromatic heterocycles. The molecular weight excluding hydrogens is 340 g/mol. The zero-order chi connectivity index (χ0) is 19.4. The van der Waals surface area contributed by atoms with Crippen molar-refractivity contribution in [3.8, 4) is 11.5 Å². The molecule has 0 aliphatic carbocycles. The number of quaternary nitrogens is 1. The van der Waals surface area contributed by atoms with E-state index in [1.165, 1.54) is 5.56 Å². The summed E-state index contributed by atoms with van der Waals surface area (Å²) in [6, 6.07) is 13.9. The minimum Gasteiger partial charge on any atom is -0.486 e. The van der Waals surface area contributed by atoms with Crippen LogP contribution >= 0.6 is 0 Å². The topological polar surface area (TPSA) is 52.0 Å². The van der Waals surface area contributed by atoms with Crippen molar-refractivity contribution in [2.24, 2.45) is 0 Å². The van der Waals surface area contributed by atoms with Gasteiger partial charge in [-0.25, -0.2) is 0 Å². The number of ether oxygens (including phenoxy) is 2. The lowest BCUT2D eigenvalue weighted by Gasteiger charge is -2.23. The average molecular weight is 369 g/mol. The van der Waals surface area contributed by atoms with Crippen LogP contribution in [0.15, 0.2) is 42.5 Å². The number of likely N-dealkylation sites (N-methyl/N-ethyl adjacent to an activating group) is 1. The summed E-state index contributed by atoms with van der Waals surface area (Å²) in [5.41, 5.74) is 3.23. The second-order valence-corrected chi connectivity index (χ2v) is 7.49. The Labute approximate surface area is 161 Å². The number of anilines is 1. The van der Waals surface area contributed by atoms with Gasteiger partial charge in [-0.3, -0.25) is 4.79 Å². The third-order valence-electron chi connectivity index (χ3n) is 5.07. The van der Waals surface area contributed by atoms with Crippen LogP contribution in [-0.2, 0) is 11.3 Å². The van der Waals surface area contributed by atoms with Gasteiger partial charge in [0.25, 0.3) is 5.91 Å². The molecule has 0 saturated heterocycles. The van der Waals surface area contributed by atoms with E-state index in [0.29, 0.717) is 19.1 Å². The Hall–Kier alpha value is -2.53. The number of hydrogen-bond acceptors (Lipinski definition) is 3. The molecule has 0 fully saturated rings. The lowest BCUT2D eigenvalue weighted by atomic mass is 10.0. The molecule has 1 aliphatic rings. The first-order valence-corrected chi connectivity index (χ1v) is 9.55. The van der Waals surface area contributed by atoms with Gasteiger partial charge >= 0.3 is 0 Å². The molecule has 2 aromatic carbocycles. The first-order valence-electron chi connectivity index (χ1n) is 9.55. The fourth-order valence-corrected chi connectivity index (χ4v) is 3.10. The normalized spacial score (nSPS) is 15.3. The average Bonchev–Trinajstić information content (AvgIpc) is 2.67. The molecule has 2 N–H and O–H groups in total. The maximum absolute atomic E-state index is 12.6. The van der Waals surface area contributed by atoms with Crippen LogP contribution in [0.3, 0.4) is 0 Å². The number of fused-ring (bicyclic) bond motifs is 1. The minimum absolute atomic E-state index is 0.0161. The Bertz CT molecular complexity index is 787. The Morgan fingerprint density at radius 2 is 1.70 bits per heavy atom. The van der Waals surface area contributed by atoms with Gasteiger partial charge in [-0.1, -0.05) is 26.0 Å². The van der Waals surface area contributed by atoms with E-state index in [9.17, 15) is 4.79 Å². The maximum Gasteiger partial charge on any atom is 0.282 e. The molecule has 5 nitrogen and oxygen atoms in total. The molecule has 2 atom stereocenters. The van der Waals surface area contributed by atoms with Crippen molar-refractivity contribution < 1.29 is 19.2 Å². The fourth-order valence-electron chi connectivity index (χ4n) is 3.10. The molecule has 5 heteroatoms.